The van der Waals surface area contributed by atoms with Crippen molar-refractivity contribution in [2.24, 2.45) is 0 Å². The number of hydrogen-bond acceptors (Lipinski definition) is 4. The van der Waals surface area contributed by atoms with Gasteiger partial charge in [-0.25, -0.2) is 15.0 Å². The second-order valence-electron chi connectivity index (χ2n) is 16.0. The molecule has 13 rings (SSSR count). The Morgan fingerprint density at radius 3 is 1.65 bits per heavy atom. The van der Waals surface area contributed by atoms with Crippen LogP contribution in [0.5, 0.6) is 0 Å². The van der Waals surface area contributed by atoms with Crippen LogP contribution in [0.15, 0.2) is 217 Å². The van der Waals surface area contributed by atoms with Crippen molar-refractivity contribution in [1.82, 2.24) is 24.1 Å². The molecular weight excluding hydrogens is 771 g/mol. The maximum atomic E-state index is 7.14. The monoisotopic (exact) mass is 805 g/mol. The van der Waals surface area contributed by atoms with E-state index in [9.17, 15) is 0 Å². The van der Waals surface area contributed by atoms with E-state index in [1.165, 1.54) is 21.9 Å². The Hall–Kier alpha value is -8.61. The van der Waals surface area contributed by atoms with Gasteiger partial charge in [0.2, 0.25) is 0 Å². The Kier molecular flexibility index (Phi) is 7.80. The van der Waals surface area contributed by atoms with Crippen molar-refractivity contribution < 1.29 is 4.42 Å². The molecule has 6 heteroatoms. The number of furan rings is 1. The highest BCUT2D eigenvalue weighted by molar-refractivity contribution is 6.25. The first-order valence-corrected chi connectivity index (χ1v) is 21.2. The maximum absolute atomic E-state index is 7.14. The zero-order valence-electron chi connectivity index (χ0n) is 33.9. The second kappa shape index (κ2) is 14.0. The lowest BCUT2D eigenvalue weighted by molar-refractivity contribution is 0.671. The average molecular weight is 806 g/mol. The minimum atomic E-state index is 0.605. The summed E-state index contributed by atoms with van der Waals surface area (Å²) in [5.41, 5.74) is 13.2. The van der Waals surface area contributed by atoms with E-state index in [-0.39, 0.29) is 0 Å². The number of aromatic nitrogens is 5. The fraction of sp³-hybridized carbons (Fsp3) is 0. The van der Waals surface area contributed by atoms with Crippen LogP contribution >= 0.6 is 0 Å². The van der Waals surface area contributed by atoms with E-state index in [4.69, 9.17) is 19.4 Å². The van der Waals surface area contributed by atoms with Crippen LogP contribution in [0.25, 0.3) is 122 Å². The summed E-state index contributed by atoms with van der Waals surface area (Å²) < 4.78 is 11.9. The van der Waals surface area contributed by atoms with Crippen molar-refractivity contribution in [3.63, 3.8) is 0 Å². The van der Waals surface area contributed by atoms with E-state index in [0.717, 1.165) is 82.8 Å². The largest absolute Gasteiger partial charge is 0.454 e. The van der Waals surface area contributed by atoms with Crippen molar-refractivity contribution in [2.45, 2.75) is 0 Å². The molecule has 6 nitrogen and oxygen atoms in total. The van der Waals surface area contributed by atoms with Gasteiger partial charge in [-0.2, -0.15) is 0 Å². The molecule has 0 fully saturated rings. The SMILES string of the molecule is c1ccc(-c2ccc3c4ccccc4n(-c4cccc5oc6c(ccc7c8c(-c9nc(-c%10ccccc%10)nc(-c%10ccccc%10)n9)cccc8n(-c8ccccc8)c76)c45)c3c2)cc1. The van der Waals surface area contributed by atoms with Crippen molar-refractivity contribution in [3.8, 4) is 56.7 Å². The molecule has 13 aromatic rings. The predicted molar refractivity (Wildman–Crippen MR) is 258 cm³/mol. The van der Waals surface area contributed by atoms with Gasteiger partial charge in [0.1, 0.15) is 5.58 Å². The van der Waals surface area contributed by atoms with Gasteiger partial charge in [-0.1, -0.05) is 164 Å². The lowest BCUT2D eigenvalue weighted by Crippen LogP contribution is -2.00. The van der Waals surface area contributed by atoms with Gasteiger partial charge in [0.25, 0.3) is 0 Å². The zero-order chi connectivity index (χ0) is 41.4. The molecule has 0 bridgehead atoms. The van der Waals surface area contributed by atoms with Crippen molar-refractivity contribution in [1.29, 1.82) is 0 Å². The van der Waals surface area contributed by atoms with Crippen molar-refractivity contribution in [2.75, 3.05) is 0 Å². The van der Waals surface area contributed by atoms with Gasteiger partial charge in [0.15, 0.2) is 23.1 Å². The molecule has 0 atom stereocenters. The Labute approximate surface area is 361 Å². The van der Waals surface area contributed by atoms with Crippen molar-refractivity contribution in [3.05, 3.63) is 212 Å². The number of fused-ring (bicyclic) bond motifs is 10. The molecule has 9 aromatic carbocycles. The molecule has 0 unspecified atom stereocenters. The van der Waals surface area contributed by atoms with E-state index >= 15 is 0 Å². The molecule has 0 aliphatic heterocycles. The Morgan fingerprint density at radius 1 is 0.349 bits per heavy atom. The standard InChI is InChI=1S/C57H35N5O/c1-5-17-36(18-6-1)39-31-32-42-41-25-13-14-27-46(41)62(49(42)35-39)48-29-16-30-50-52(48)44-34-33-43-51-45(26-15-28-47(51)61(53(43)54(44)63-50)40-23-11-4-12-24-40)57-59-55(37-19-7-2-8-20-37)58-56(60-57)38-21-9-3-10-22-38/h1-35H. The summed E-state index contributed by atoms with van der Waals surface area (Å²) in [6, 6.07) is 74.3. The molecule has 0 N–H and O–H groups in total. The van der Waals surface area contributed by atoms with Crippen LogP contribution in [-0.2, 0) is 0 Å². The third-order valence-electron chi connectivity index (χ3n) is 12.4. The molecule has 0 saturated heterocycles. The average Bonchev–Trinajstić information content (AvgIpc) is 4.03. The molecule has 4 heterocycles. The molecule has 294 valence electrons. The third kappa shape index (κ3) is 5.48. The summed E-state index contributed by atoms with van der Waals surface area (Å²) in [4.78, 5) is 15.4. The van der Waals surface area contributed by atoms with Crippen LogP contribution in [-0.4, -0.2) is 24.1 Å². The lowest BCUT2D eigenvalue weighted by Gasteiger charge is -2.11. The minimum Gasteiger partial charge on any atom is -0.454 e. The summed E-state index contributed by atoms with van der Waals surface area (Å²) in [5.74, 6) is 1.85. The first-order valence-electron chi connectivity index (χ1n) is 21.2. The second-order valence-corrected chi connectivity index (χ2v) is 16.0. The first-order chi connectivity index (χ1) is 31.3. The maximum Gasteiger partial charge on any atom is 0.164 e. The summed E-state index contributed by atoms with van der Waals surface area (Å²) in [6.45, 7) is 0. The van der Waals surface area contributed by atoms with Gasteiger partial charge >= 0.3 is 0 Å². The summed E-state index contributed by atoms with van der Waals surface area (Å²) in [7, 11) is 0. The van der Waals surface area contributed by atoms with Gasteiger partial charge in [0, 0.05) is 49.3 Å². The van der Waals surface area contributed by atoms with Gasteiger partial charge < -0.3 is 13.6 Å². The molecule has 4 aromatic heterocycles. The Balaban J connectivity index is 1.11. The first kappa shape index (κ1) is 35.2. The molecule has 0 aliphatic rings. The highest BCUT2D eigenvalue weighted by atomic mass is 16.3. The lowest BCUT2D eigenvalue weighted by atomic mass is 10.0. The van der Waals surface area contributed by atoms with Crippen LogP contribution in [0.2, 0.25) is 0 Å². The molecule has 0 saturated carbocycles. The van der Waals surface area contributed by atoms with E-state index in [1.807, 2.05) is 60.7 Å². The number of nitrogens with zero attached hydrogens (tertiary/aromatic N) is 5. The molecule has 0 spiro atoms. The third-order valence-corrected chi connectivity index (χ3v) is 12.4. The molecule has 0 radical (unpaired) electrons. The van der Waals surface area contributed by atoms with Gasteiger partial charge in [-0.15, -0.1) is 0 Å². The van der Waals surface area contributed by atoms with Gasteiger partial charge in [-0.05, 0) is 59.7 Å². The molecular formula is C57H35N5O. The Morgan fingerprint density at radius 2 is 0.921 bits per heavy atom. The quantitative estimate of drug-likeness (QED) is 0.168. The van der Waals surface area contributed by atoms with Crippen LogP contribution in [0.1, 0.15) is 0 Å². The fourth-order valence-electron chi connectivity index (χ4n) is 9.60. The summed E-state index contributed by atoms with van der Waals surface area (Å²) in [6.07, 6.45) is 0. The smallest absolute Gasteiger partial charge is 0.164 e. The van der Waals surface area contributed by atoms with Crippen LogP contribution in [0.3, 0.4) is 0 Å². The molecule has 63 heavy (non-hydrogen) atoms. The van der Waals surface area contributed by atoms with Crippen LogP contribution in [0, 0.1) is 0 Å². The minimum absolute atomic E-state index is 0.605. The van der Waals surface area contributed by atoms with E-state index < -0.39 is 0 Å². The van der Waals surface area contributed by atoms with Crippen LogP contribution < -0.4 is 0 Å². The van der Waals surface area contributed by atoms with E-state index in [2.05, 4.69) is 161 Å². The summed E-state index contributed by atoms with van der Waals surface area (Å²) >= 11 is 0. The normalized spacial score (nSPS) is 11.8. The predicted octanol–water partition coefficient (Wildman–Crippen LogP) is 14.6. The molecule has 0 amide bonds. The van der Waals surface area contributed by atoms with E-state index in [1.54, 1.807) is 0 Å². The van der Waals surface area contributed by atoms with Gasteiger partial charge in [0.05, 0.1) is 33.1 Å². The number of hydrogen-bond donors (Lipinski definition) is 0. The van der Waals surface area contributed by atoms with E-state index in [0.29, 0.717) is 17.5 Å². The highest BCUT2D eigenvalue weighted by Gasteiger charge is 2.25. The van der Waals surface area contributed by atoms with Gasteiger partial charge in [-0.3, -0.25) is 0 Å². The zero-order valence-corrected chi connectivity index (χ0v) is 33.9. The number of rotatable bonds is 6. The Bertz CT molecular complexity index is 3830. The topological polar surface area (TPSA) is 61.7 Å². The molecule has 0 aliphatic carbocycles. The van der Waals surface area contributed by atoms with Crippen LogP contribution in [0.4, 0.5) is 0 Å². The number of benzene rings is 9. The summed E-state index contributed by atoms with van der Waals surface area (Å²) in [5, 5.41) is 6.60. The fourth-order valence-corrected chi connectivity index (χ4v) is 9.60. The highest BCUT2D eigenvalue weighted by Crippen LogP contribution is 2.45. The number of para-hydroxylation sites is 2. The van der Waals surface area contributed by atoms with Crippen molar-refractivity contribution >= 4 is 65.6 Å².